The molecule has 17 heavy (non-hydrogen) atoms. The van der Waals surface area contributed by atoms with Gasteiger partial charge >= 0.3 is 0 Å². The Labute approximate surface area is 103 Å². The van der Waals surface area contributed by atoms with Crippen molar-refractivity contribution in [2.45, 2.75) is 18.6 Å². The van der Waals surface area contributed by atoms with Crippen molar-refractivity contribution in [3.63, 3.8) is 0 Å². The van der Waals surface area contributed by atoms with Crippen molar-refractivity contribution < 1.29 is 4.21 Å². The second-order valence-electron chi connectivity index (χ2n) is 4.57. The van der Waals surface area contributed by atoms with Crippen LogP contribution in [-0.2, 0) is 10.8 Å². The van der Waals surface area contributed by atoms with Gasteiger partial charge in [-0.25, -0.2) is 9.97 Å². The molecule has 1 fully saturated rings. The molecule has 1 atom stereocenters. The first-order chi connectivity index (χ1) is 8.04. The molecule has 0 bridgehead atoms. The average molecular weight is 250 g/mol. The zero-order valence-electron chi connectivity index (χ0n) is 9.88. The maximum absolute atomic E-state index is 11.8. The Bertz CT molecular complexity index is 494. The molecule has 0 radical (unpaired) electrons. The van der Waals surface area contributed by atoms with Gasteiger partial charge in [0.1, 0.15) is 6.07 Å². The summed E-state index contributed by atoms with van der Waals surface area (Å²) in [7, 11) is -0.826. The van der Waals surface area contributed by atoms with Gasteiger partial charge in [-0.1, -0.05) is 0 Å². The van der Waals surface area contributed by atoms with Crippen molar-refractivity contribution in [2.24, 2.45) is 0 Å². The van der Waals surface area contributed by atoms with E-state index in [1.807, 2.05) is 24.8 Å². The lowest BCUT2D eigenvalue weighted by Gasteiger charge is -2.37. The Morgan fingerprint density at radius 3 is 2.82 bits per heavy atom. The molecule has 6 heteroatoms. The molecule has 1 saturated heterocycles. The number of nitriles is 1. The molecule has 1 unspecified atom stereocenters. The highest BCUT2D eigenvalue weighted by molar-refractivity contribution is 7.86. The average Bonchev–Trinajstić information content (AvgIpc) is 2.32. The molecule has 1 aliphatic heterocycles. The topological polar surface area (TPSA) is 69.9 Å². The summed E-state index contributed by atoms with van der Waals surface area (Å²) < 4.78 is 11.6. The minimum absolute atomic E-state index is 0.275. The van der Waals surface area contributed by atoms with Gasteiger partial charge in [0.2, 0.25) is 0 Å². The molecule has 2 rings (SSSR count). The van der Waals surface area contributed by atoms with E-state index < -0.39 is 10.8 Å². The molecule has 0 aromatic carbocycles. The number of aromatic nitrogens is 2. The lowest BCUT2D eigenvalue weighted by molar-refractivity contribution is 0.586. The number of hydrogen-bond donors (Lipinski definition) is 0. The molecule has 5 nitrogen and oxygen atoms in total. The third-order valence-electron chi connectivity index (χ3n) is 2.82. The quantitative estimate of drug-likeness (QED) is 0.733. The molecular formula is C11H14N4OS. The lowest BCUT2D eigenvalue weighted by Crippen LogP contribution is -2.50. The van der Waals surface area contributed by atoms with E-state index in [0.29, 0.717) is 30.4 Å². The first-order valence-corrected chi connectivity index (χ1v) is 6.71. The van der Waals surface area contributed by atoms with Crippen LogP contribution in [0.1, 0.15) is 19.5 Å². The Morgan fingerprint density at radius 2 is 2.18 bits per heavy atom. The summed E-state index contributed by atoms with van der Waals surface area (Å²) in [6, 6.07) is 2.04. The molecule has 0 spiro atoms. The van der Waals surface area contributed by atoms with Gasteiger partial charge in [-0.2, -0.15) is 5.26 Å². The van der Waals surface area contributed by atoms with Crippen LogP contribution in [0.15, 0.2) is 12.4 Å². The van der Waals surface area contributed by atoms with Gasteiger partial charge in [0.15, 0.2) is 11.5 Å². The van der Waals surface area contributed by atoms with Gasteiger partial charge < -0.3 is 4.90 Å². The van der Waals surface area contributed by atoms with Crippen LogP contribution in [0.25, 0.3) is 0 Å². The normalized spacial score (nSPS) is 23.1. The van der Waals surface area contributed by atoms with Crippen LogP contribution in [0.4, 0.5) is 5.82 Å². The van der Waals surface area contributed by atoms with Gasteiger partial charge in [0.25, 0.3) is 0 Å². The second-order valence-corrected chi connectivity index (χ2v) is 6.78. The standard InChI is InChI=1S/C11H14N4OS/c1-11(2)8-15(5-6-17(11)16)10-9(7-12)13-3-4-14-10/h3-4H,5-6,8H2,1-2H3. The molecule has 0 N–H and O–H groups in total. The van der Waals surface area contributed by atoms with Gasteiger partial charge in [0.05, 0.1) is 4.75 Å². The van der Waals surface area contributed by atoms with E-state index in [9.17, 15) is 4.21 Å². The molecular weight excluding hydrogens is 236 g/mol. The van der Waals surface area contributed by atoms with E-state index in [2.05, 4.69) is 9.97 Å². The summed E-state index contributed by atoms with van der Waals surface area (Å²) in [6.07, 6.45) is 3.09. The van der Waals surface area contributed by atoms with E-state index in [1.54, 1.807) is 6.20 Å². The van der Waals surface area contributed by atoms with Crippen LogP contribution < -0.4 is 4.90 Å². The van der Waals surface area contributed by atoms with E-state index >= 15 is 0 Å². The van der Waals surface area contributed by atoms with Crippen LogP contribution in [0, 0.1) is 11.3 Å². The van der Waals surface area contributed by atoms with Crippen molar-refractivity contribution in [2.75, 3.05) is 23.7 Å². The third kappa shape index (κ3) is 2.29. The third-order valence-corrected chi connectivity index (χ3v) is 4.73. The smallest absolute Gasteiger partial charge is 0.183 e. The zero-order valence-corrected chi connectivity index (χ0v) is 10.7. The lowest BCUT2D eigenvalue weighted by atomic mass is 10.2. The monoisotopic (exact) mass is 250 g/mol. The Balaban J connectivity index is 2.30. The van der Waals surface area contributed by atoms with Crippen molar-refractivity contribution in [3.8, 4) is 6.07 Å². The molecule has 2 heterocycles. The molecule has 90 valence electrons. The number of anilines is 1. The van der Waals surface area contributed by atoms with E-state index in [1.165, 1.54) is 6.20 Å². The molecule has 1 aliphatic rings. The number of hydrogen-bond acceptors (Lipinski definition) is 5. The first kappa shape index (κ1) is 12.0. The predicted octanol–water partition coefficient (Wildman–Crippen LogP) is 0.696. The predicted molar refractivity (Wildman–Crippen MR) is 66.0 cm³/mol. The fraction of sp³-hybridized carbons (Fsp3) is 0.545. The summed E-state index contributed by atoms with van der Waals surface area (Å²) in [5.41, 5.74) is 0.330. The van der Waals surface area contributed by atoms with Crippen LogP contribution in [0.2, 0.25) is 0 Å². The highest BCUT2D eigenvalue weighted by atomic mass is 32.2. The molecule has 0 amide bonds. The summed E-state index contributed by atoms with van der Waals surface area (Å²) >= 11 is 0. The van der Waals surface area contributed by atoms with Gasteiger partial charge in [-0.3, -0.25) is 4.21 Å². The fourth-order valence-corrected chi connectivity index (χ4v) is 3.14. The summed E-state index contributed by atoms with van der Waals surface area (Å²) in [5, 5.41) is 8.99. The largest absolute Gasteiger partial charge is 0.352 e. The van der Waals surface area contributed by atoms with Gasteiger partial charge in [-0.05, 0) is 13.8 Å². The Morgan fingerprint density at radius 1 is 1.47 bits per heavy atom. The van der Waals surface area contributed by atoms with Crippen molar-refractivity contribution in [1.29, 1.82) is 5.26 Å². The minimum Gasteiger partial charge on any atom is -0.352 e. The maximum atomic E-state index is 11.8. The molecule has 0 aliphatic carbocycles. The van der Waals surface area contributed by atoms with Crippen molar-refractivity contribution in [3.05, 3.63) is 18.1 Å². The van der Waals surface area contributed by atoms with Crippen LogP contribution in [-0.4, -0.2) is 37.8 Å². The van der Waals surface area contributed by atoms with E-state index in [4.69, 9.17) is 5.26 Å². The van der Waals surface area contributed by atoms with E-state index in [0.717, 1.165) is 0 Å². The maximum Gasteiger partial charge on any atom is 0.183 e. The van der Waals surface area contributed by atoms with Crippen LogP contribution in [0.3, 0.4) is 0 Å². The SMILES string of the molecule is CC1(C)CN(c2nccnc2C#N)CCS1=O. The Kier molecular flexibility index (Phi) is 3.11. The number of rotatable bonds is 1. The highest BCUT2D eigenvalue weighted by Gasteiger charge is 2.34. The molecule has 1 aromatic rings. The van der Waals surface area contributed by atoms with Crippen molar-refractivity contribution in [1.82, 2.24) is 9.97 Å². The summed E-state index contributed by atoms with van der Waals surface area (Å²) in [6.45, 7) is 5.23. The first-order valence-electron chi connectivity index (χ1n) is 5.39. The Hall–Kier alpha value is -1.48. The molecule has 0 saturated carbocycles. The van der Waals surface area contributed by atoms with Gasteiger partial charge in [-0.15, -0.1) is 0 Å². The van der Waals surface area contributed by atoms with Crippen LogP contribution in [0.5, 0.6) is 0 Å². The zero-order chi connectivity index (χ0) is 12.5. The highest BCUT2D eigenvalue weighted by Crippen LogP contribution is 2.25. The second kappa shape index (κ2) is 4.41. The van der Waals surface area contributed by atoms with Gasteiger partial charge in [0, 0.05) is 42.0 Å². The number of nitrogens with zero attached hydrogens (tertiary/aromatic N) is 4. The van der Waals surface area contributed by atoms with Crippen molar-refractivity contribution >= 4 is 16.6 Å². The van der Waals surface area contributed by atoms with E-state index in [-0.39, 0.29) is 4.75 Å². The van der Waals surface area contributed by atoms with Crippen LogP contribution >= 0.6 is 0 Å². The summed E-state index contributed by atoms with van der Waals surface area (Å²) in [5.74, 6) is 1.20. The fourth-order valence-electron chi connectivity index (χ4n) is 1.90. The molecule has 1 aromatic heterocycles. The minimum atomic E-state index is -0.826. The summed E-state index contributed by atoms with van der Waals surface area (Å²) in [4.78, 5) is 10.2.